The topological polar surface area (TPSA) is 108 Å². The minimum absolute atomic E-state index is 0.142. The summed E-state index contributed by atoms with van der Waals surface area (Å²) in [5, 5.41) is 29.5. The van der Waals surface area contributed by atoms with E-state index in [1.807, 2.05) is 0 Å². The predicted octanol–water partition coefficient (Wildman–Crippen LogP) is -0.527. The quantitative estimate of drug-likeness (QED) is 0.411. The smallest absolute Gasteiger partial charge is 0.394 e. The summed E-state index contributed by atoms with van der Waals surface area (Å²) in [4.78, 5) is 0. The van der Waals surface area contributed by atoms with Gasteiger partial charge < -0.3 is 15.3 Å². The van der Waals surface area contributed by atoms with E-state index >= 15 is 0 Å². The molecule has 0 aliphatic heterocycles. The minimum atomic E-state index is -3.62. The molecule has 0 amide bonds. The number of aliphatic hydroxyl groups excluding tert-OH is 3. The highest BCUT2D eigenvalue weighted by atomic mass is 31.2. The van der Waals surface area contributed by atoms with Crippen LogP contribution in [0.1, 0.15) is 13.8 Å². The number of rotatable bonds is 9. The van der Waals surface area contributed by atoms with E-state index in [4.69, 9.17) is 24.4 Å². The van der Waals surface area contributed by atoms with Gasteiger partial charge in [0.2, 0.25) is 0 Å². The van der Waals surface area contributed by atoms with Crippen molar-refractivity contribution >= 4 is 7.75 Å². The fraction of sp³-hybridized carbons (Fsp3) is 1.00. The van der Waals surface area contributed by atoms with E-state index < -0.39 is 33.1 Å². The molecule has 0 saturated heterocycles. The Labute approximate surface area is 95.0 Å². The van der Waals surface area contributed by atoms with E-state index in [1.54, 1.807) is 13.8 Å². The van der Waals surface area contributed by atoms with Gasteiger partial charge in [-0.2, -0.15) is 0 Å². The molecule has 4 N–H and O–H groups in total. The Morgan fingerprint density at radius 1 is 1.06 bits per heavy atom. The zero-order chi connectivity index (χ0) is 12.7. The summed E-state index contributed by atoms with van der Waals surface area (Å²) in [7, 11) is -3.62. The Kier molecular flexibility index (Phi) is 7.34. The first-order valence-electron chi connectivity index (χ1n) is 5.02. The number of hydrogen-bond donors (Lipinski definition) is 4. The average Bonchev–Trinajstić information content (AvgIpc) is 2.27. The molecule has 0 heterocycles. The summed E-state index contributed by atoms with van der Waals surface area (Å²) < 4.78 is 21.9. The summed E-state index contributed by atoms with van der Waals surface area (Å²) in [6.45, 7) is 1.77. The molecule has 0 spiro atoms. The van der Waals surface area contributed by atoms with Crippen LogP contribution in [0.3, 0.4) is 0 Å². The lowest BCUT2D eigenvalue weighted by molar-refractivity contribution is 0.0483. The zero-order valence-corrected chi connectivity index (χ0v) is 10.4. The van der Waals surface area contributed by atoms with Gasteiger partial charge in [-0.15, -0.1) is 0 Å². The lowest BCUT2D eigenvalue weighted by Gasteiger charge is -2.32. The maximum atomic E-state index is 12.0. The van der Waals surface area contributed by atoms with E-state index in [1.165, 1.54) is 0 Å². The van der Waals surface area contributed by atoms with Gasteiger partial charge in [-0.05, 0) is 13.8 Å². The summed E-state index contributed by atoms with van der Waals surface area (Å²) >= 11 is 0. The fourth-order valence-electron chi connectivity index (χ4n) is 0.988. The van der Waals surface area contributed by atoms with Crippen molar-refractivity contribution in [2.45, 2.75) is 19.4 Å². The summed E-state index contributed by atoms with van der Waals surface area (Å²) in [5.41, 5.74) is -1.49. The molecule has 0 aliphatic rings. The second-order valence-electron chi connectivity index (χ2n) is 3.20. The van der Waals surface area contributed by atoms with Crippen LogP contribution in [-0.2, 0) is 13.6 Å². The van der Waals surface area contributed by atoms with E-state index in [9.17, 15) is 4.57 Å². The predicted molar refractivity (Wildman–Crippen MR) is 58.0 cm³/mol. The fourth-order valence-corrected chi connectivity index (χ4v) is 2.66. The summed E-state index contributed by atoms with van der Waals surface area (Å²) in [6, 6.07) is 0. The number of hydrogen-bond acceptors (Lipinski definition) is 6. The molecule has 16 heavy (non-hydrogen) atoms. The van der Waals surface area contributed by atoms with Gasteiger partial charge in [-0.1, -0.05) is 0 Å². The first-order valence-corrected chi connectivity index (χ1v) is 6.56. The summed E-state index contributed by atoms with van der Waals surface area (Å²) in [6.07, 6.45) is 0. The van der Waals surface area contributed by atoms with Crippen molar-refractivity contribution < 1.29 is 28.9 Å². The van der Waals surface area contributed by atoms with Gasteiger partial charge in [0.15, 0.2) is 0 Å². The Morgan fingerprint density at radius 2 is 1.44 bits per heavy atom. The lowest BCUT2D eigenvalue weighted by Crippen LogP contribution is -2.53. The van der Waals surface area contributed by atoms with Crippen LogP contribution in [0.15, 0.2) is 0 Å². The molecule has 0 aliphatic carbocycles. The van der Waals surface area contributed by atoms with Gasteiger partial charge >= 0.3 is 7.75 Å². The Morgan fingerprint density at radius 3 is 1.69 bits per heavy atom. The molecule has 0 fully saturated rings. The largest absolute Gasteiger partial charge is 0.406 e. The molecule has 0 unspecified atom stereocenters. The van der Waals surface area contributed by atoms with Crippen LogP contribution < -0.4 is 5.09 Å². The van der Waals surface area contributed by atoms with Crippen LogP contribution >= 0.6 is 7.75 Å². The molecule has 0 radical (unpaired) electrons. The van der Waals surface area contributed by atoms with Crippen LogP contribution in [0.2, 0.25) is 0 Å². The van der Waals surface area contributed by atoms with E-state index in [2.05, 4.69) is 5.09 Å². The normalized spacial score (nSPS) is 13.1. The lowest BCUT2D eigenvalue weighted by atomic mass is 10.1. The monoisotopic (exact) mass is 257 g/mol. The van der Waals surface area contributed by atoms with Crippen molar-refractivity contribution in [3.8, 4) is 0 Å². The molecule has 98 valence electrons. The van der Waals surface area contributed by atoms with Gasteiger partial charge in [0.25, 0.3) is 0 Å². The first kappa shape index (κ1) is 16.0. The highest BCUT2D eigenvalue weighted by Gasteiger charge is 2.38. The highest BCUT2D eigenvalue weighted by molar-refractivity contribution is 7.51. The molecule has 0 saturated carbocycles. The zero-order valence-electron chi connectivity index (χ0n) is 9.55. The van der Waals surface area contributed by atoms with Gasteiger partial charge in [0.1, 0.15) is 0 Å². The highest BCUT2D eigenvalue weighted by Crippen LogP contribution is 2.45. The number of aliphatic hydroxyl groups is 3. The SMILES string of the molecule is CCOP(=O)(NC(CO)(CO)CO)OCC. The van der Waals surface area contributed by atoms with Crippen LogP contribution in [0, 0.1) is 0 Å². The minimum Gasteiger partial charge on any atom is -0.394 e. The molecule has 0 aromatic heterocycles. The van der Waals surface area contributed by atoms with Crippen LogP contribution in [0.5, 0.6) is 0 Å². The Balaban J connectivity index is 4.76. The maximum absolute atomic E-state index is 12.0. The third kappa shape index (κ3) is 4.47. The van der Waals surface area contributed by atoms with Gasteiger partial charge in [-0.25, -0.2) is 9.65 Å². The van der Waals surface area contributed by atoms with Crippen molar-refractivity contribution in [1.82, 2.24) is 5.09 Å². The Bertz CT molecular complexity index is 214. The second-order valence-corrected chi connectivity index (χ2v) is 4.93. The molecule has 0 atom stereocenters. The maximum Gasteiger partial charge on any atom is 0.406 e. The van der Waals surface area contributed by atoms with Crippen LogP contribution in [0.25, 0.3) is 0 Å². The van der Waals surface area contributed by atoms with E-state index in [0.29, 0.717) is 0 Å². The molecule has 0 aromatic rings. The molecule has 7 nitrogen and oxygen atoms in total. The van der Waals surface area contributed by atoms with E-state index in [0.717, 1.165) is 0 Å². The van der Waals surface area contributed by atoms with Crippen molar-refractivity contribution in [3.63, 3.8) is 0 Å². The van der Waals surface area contributed by atoms with Crippen molar-refractivity contribution in [2.24, 2.45) is 0 Å². The Hall–Kier alpha value is -0.0100. The van der Waals surface area contributed by atoms with Crippen LogP contribution in [0.4, 0.5) is 0 Å². The third-order valence-corrected chi connectivity index (χ3v) is 3.82. The standard InChI is InChI=1S/C8H20NO6P/c1-3-14-16(13,15-4-2)9-8(5-10,6-11)7-12/h10-12H,3-7H2,1-2H3,(H,9,13). The van der Waals surface area contributed by atoms with Gasteiger partial charge in [-0.3, -0.25) is 9.05 Å². The summed E-state index contributed by atoms with van der Waals surface area (Å²) in [5.74, 6) is 0. The third-order valence-electron chi connectivity index (χ3n) is 1.88. The molecule has 0 rings (SSSR count). The average molecular weight is 257 g/mol. The van der Waals surface area contributed by atoms with Gasteiger partial charge in [0.05, 0.1) is 38.6 Å². The van der Waals surface area contributed by atoms with Gasteiger partial charge in [0, 0.05) is 0 Å². The van der Waals surface area contributed by atoms with E-state index in [-0.39, 0.29) is 13.2 Å². The molecular weight excluding hydrogens is 237 g/mol. The van der Waals surface area contributed by atoms with Crippen molar-refractivity contribution in [1.29, 1.82) is 0 Å². The van der Waals surface area contributed by atoms with Crippen LogP contribution in [-0.4, -0.2) is 53.9 Å². The second kappa shape index (κ2) is 7.34. The number of nitrogens with one attached hydrogen (secondary N) is 1. The molecule has 0 aromatic carbocycles. The molecular formula is C8H20NO6P. The van der Waals surface area contributed by atoms with Crippen molar-refractivity contribution in [3.05, 3.63) is 0 Å². The molecule has 8 heteroatoms. The van der Waals surface area contributed by atoms with Crippen molar-refractivity contribution in [2.75, 3.05) is 33.0 Å². The first-order chi connectivity index (χ1) is 7.51. The molecule has 0 bridgehead atoms.